The molecular formula is C17H18N4O3. The first kappa shape index (κ1) is 14.9. The van der Waals surface area contributed by atoms with Crippen LogP contribution >= 0.6 is 0 Å². The highest BCUT2D eigenvalue weighted by atomic mass is 16.2. The molecule has 0 bridgehead atoms. The first-order valence-electron chi connectivity index (χ1n) is 8.20. The molecule has 1 aromatic rings. The van der Waals surface area contributed by atoms with Gasteiger partial charge in [-0.1, -0.05) is 30.3 Å². The number of amides is 4. The monoisotopic (exact) mass is 326 g/mol. The number of fused-ring (bicyclic) bond motifs is 1. The second-order valence-corrected chi connectivity index (χ2v) is 6.24. The lowest BCUT2D eigenvalue weighted by molar-refractivity contribution is -0.137. The van der Waals surface area contributed by atoms with Crippen LogP contribution in [0.2, 0.25) is 0 Å². The van der Waals surface area contributed by atoms with Gasteiger partial charge in [0.15, 0.2) is 0 Å². The average Bonchev–Trinajstić information content (AvgIpc) is 3.31. The summed E-state index contributed by atoms with van der Waals surface area (Å²) in [7, 11) is 0. The van der Waals surface area contributed by atoms with Crippen LogP contribution in [0.4, 0.5) is 4.79 Å². The molecule has 0 unspecified atom stereocenters. The third kappa shape index (κ3) is 2.36. The van der Waals surface area contributed by atoms with Crippen LogP contribution in [0.25, 0.3) is 0 Å². The highest BCUT2D eigenvalue weighted by Gasteiger charge is 2.48. The van der Waals surface area contributed by atoms with E-state index in [-0.39, 0.29) is 30.4 Å². The average molecular weight is 326 g/mol. The van der Waals surface area contributed by atoms with Crippen molar-refractivity contribution in [2.45, 2.75) is 25.3 Å². The highest BCUT2D eigenvalue weighted by Crippen LogP contribution is 2.27. The van der Waals surface area contributed by atoms with Gasteiger partial charge >= 0.3 is 6.03 Å². The van der Waals surface area contributed by atoms with Gasteiger partial charge in [0, 0.05) is 13.0 Å². The van der Waals surface area contributed by atoms with E-state index in [1.165, 1.54) is 5.01 Å². The van der Waals surface area contributed by atoms with Gasteiger partial charge in [0.1, 0.15) is 12.6 Å². The van der Waals surface area contributed by atoms with Crippen LogP contribution in [0.5, 0.6) is 0 Å². The zero-order valence-corrected chi connectivity index (χ0v) is 13.2. The number of urea groups is 1. The van der Waals surface area contributed by atoms with Gasteiger partial charge in [0.2, 0.25) is 0 Å². The van der Waals surface area contributed by atoms with Crippen LogP contribution < -0.4 is 0 Å². The summed E-state index contributed by atoms with van der Waals surface area (Å²) in [6.07, 6.45) is 2.21. The summed E-state index contributed by atoms with van der Waals surface area (Å²) in [4.78, 5) is 39.6. The van der Waals surface area contributed by atoms with Crippen LogP contribution in [-0.4, -0.2) is 64.0 Å². The maximum atomic E-state index is 12.4. The van der Waals surface area contributed by atoms with E-state index in [9.17, 15) is 14.4 Å². The van der Waals surface area contributed by atoms with Crippen molar-refractivity contribution in [3.8, 4) is 0 Å². The van der Waals surface area contributed by atoms with Crippen LogP contribution in [0, 0.1) is 0 Å². The number of carbonyl (C=O) groups is 3. The summed E-state index contributed by atoms with van der Waals surface area (Å²) in [5, 5.41) is 5.73. The number of hydrogen-bond acceptors (Lipinski definition) is 4. The van der Waals surface area contributed by atoms with E-state index >= 15 is 0 Å². The van der Waals surface area contributed by atoms with Crippen molar-refractivity contribution in [1.29, 1.82) is 0 Å². The minimum Gasteiger partial charge on any atom is -0.312 e. The first-order chi connectivity index (χ1) is 11.6. The van der Waals surface area contributed by atoms with Crippen molar-refractivity contribution in [1.82, 2.24) is 14.8 Å². The quantitative estimate of drug-likeness (QED) is 0.779. The predicted octanol–water partition coefficient (Wildman–Crippen LogP) is 1.05. The van der Waals surface area contributed by atoms with E-state index in [2.05, 4.69) is 5.10 Å². The Kier molecular flexibility index (Phi) is 3.55. The molecule has 2 fully saturated rings. The number of rotatable bonds is 3. The lowest BCUT2D eigenvalue weighted by Crippen LogP contribution is -2.41. The van der Waals surface area contributed by atoms with Crippen molar-refractivity contribution < 1.29 is 14.4 Å². The lowest BCUT2D eigenvalue weighted by Gasteiger charge is -2.17. The molecule has 0 spiro atoms. The smallest absolute Gasteiger partial charge is 0.312 e. The van der Waals surface area contributed by atoms with Crippen molar-refractivity contribution in [3.05, 3.63) is 35.9 Å². The molecule has 0 radical (unpaired) electrons. The fraction of sp³-hybridized carbons (Fsp3) is 0.412. The Morgan fingerprint density at radius 1 is 1.17 bits per heavy atom. The van der Waals surface area contributed by atoms with Gasteiger partial charge in [-0.15, -0.1) is 0 Å². The minimum absolute atomic E-state index is 0.226. The number of hydrazone groups is 1. The standard InChI is InChI=1S/C17H18N4O3/c22-15(11-20-16(23)14-7-4-9-19(14)17(20)24)21-10-8-13(18-21)12-5-2-1-3-6-12/h1-3,5-6,14H,4,7-11H2/t14-/m1/s1. The molecular weight excluding hydrogens is 308 g/mol. The molecule has 3 aliphatic rings. The zero-order chi connectivity index (χ0) is 16.7. The second kappa shape index (κ2) is 5.74. The van der Waals surface area contributed by atoms with Gasteiger partial charge in [-0.3, -0.25) is 14.5 Å². The van der Waals surface area contributed by atoms with Gasteiger partial charge in [-0.05, 0) is 18.4 Å². The van der Waals surface area contributed by atoms with E-state index in [0.29, 0.717) is 25.9 Å². The summed E-state index contributed by atoms with van der Waals surface area (Å²) in [5.74, 6) is -0.568. The van der Waals surface area contributed by atoms with Crippen molar-refractivity contribution in [2.75, 3.05) is 19.6 Å². The Morgan fingerprint density at radius 3 is 2.71 bits per heavy atom. The van der Waals surface area contributed by atoms with Crippen LogP contribution in [-0.2, 0) is 9.59 Å². The van der Waals surface area contributed by atoms with E-state index in [1.54, 1.807) is 4.90 Å². The Labute approximate surface area is 139 Å². The van der Waals surface area contributed by atoms with E-state index in [1.807, 2.05) is 30.3 Å². The van der Waals surface area contributed by atoms with Crippen LogP contribution in [0.15, 0.2) is 35.4 Å². The fourth-order valence-electron chi connectivity index (χ4n) is 3.51. The summed E-state index contributed by atoms with van der Waals surface area (Å²) < 4.78 is 0. The highest BCUT2D eigenvalue weighted by molar-refractivity contribution is 6.07. The summed E-state index contributed by atoms with van der Waals surface area (Å²) >= 11 is 0. The predicted molar refractivity (Wildman–Crippen MR) is 86.1 cm³/mol. The molecule has 4 amide bonds. The molecule has 0 aliphatic carbocycles. The zero-order valence-electron chi connectivity index (χ0n) is 13.2. The molecule has 4 rings (SSSR count). The third-order valence-electron chi connectivity index (χ3n) is 4.77. The molecule has 124 valence electrons. The van der Waals surface area contributed by atoms with Crippen LogP contribution in [0.1, 0.15) is 24.8 Å². The summed E-state index contributed by atoms with van der Waals surface area (Å²) in [6, 6.07) is 8.98. The molecule has 7 nitrogen and oxygen atoms in total. The summed E-state index contributed by atoms with van der Waals surface area (Å²) in [6.45, 7) is 0.850. The van der Waals surface area contributed by atoms with Gasteiger partial charge in [0.25, 0.3) is 11.8 Å². The second-order valence-electron chi connectivity index (χ2n) is 6.24. The molecule has 7 heteroatoms. The lowest BCUT2D eigenvalue weighted by atomic mass is 10.1. The van der Waals surface area contributed by atoms with Crippen LogP contribution in [0.3, 0.4) is 0 Å². The number of nitrogens with zero attached hydrogens (tertiary/aromatic N) is 4. The van der Waals surface area contributed by atoms with Gasteiger partial charge in [0.05, 0.1) is 12.3 Å². The topological polar surface area (TPSA) is 73.3 Å². The normalized spacial score (nSPS) is 23.1. The number of carbonyl (C=O) groups excluding carboxylic acids is 3. The third-order valence-corrected chi connectivity index (χ3v) is 4.77. The summed E-state index contributed by atoms with van der Waals surface area (Å²) in [5.41, 5.74) is 1.84. The molecule has 1 aromatic carbocycles. The molecule has 3 aliphatic heterocycles. The maximum absolute atomic E-state index is 12.4. The van der Waals surface area contributed by atoms with Crippen molar-refractivity contribution in [2.24, 2.45) is 5.10 Å². The Hall–Kier alpha value is -2.70. The van der Waals surface area contributed by atoms with Gasteiger partial charge in [-0.25, -0.2) is 9.80 Å². The molecule has 3 heterocycles. The number of hydrogen-bond donors (Lipinski definition) is 0. The molecule has 1 atom stereocenters. The van der Waals surface area contributed by atoms with Gasteiger partial charge < -0.3 is 4.90 Å². The Balaban J connectivity index is 1.45. The SMILES string of the molecule is O=C(CN1C(=O)[C@H]2CCCN2C1=O)N1CCC(c2ccccc2)=N1. The van der Waals surface area contributed by atoms with Crippen molar-refractivity contribution >= 4 is 23.6 Å². The molecule has 0 aromatic heterocycles. The number of imide groups is 1. The van der Waals surface area contributed by atoms with E-state index < -0.39 is 0 Å². The minimum atomic E-state index is -0.368. The molecule has 2 saturated heterocycles. The maximum Gasteiger partial charge on any atom is 0.327 e. The largest absolute Gasteiger partial charge is 0.327 e. The van der Waals surface area contributed by atoms with E-state index in [0.717, 1.165) is 22.6 Å². The molecule has 0 saturated carbocycles. The molecule has 0 N–H and O–H groups in total. The first-order valence-corrected chi connectivity index (χ1v) is 8.20. The Bertz CT molecular complexity index is 709. The Morgan fingerprint density at radius 2 is 1.96 bits per heavy atom. The number of benzene rings is 1. The van der Waals surface area contributed by atoms with Crippen molar-refractivity contribution in [3.63, 3.8) is 0 Å². The van der Waals surface area contributed by atoms with Gasteiger partial charge in [-0.2, -0.15) is 5.10 Å². The fourth-order valence-corrected chi connectivity index (χ4v) is 3.51. The van der Waals surface area contributed by atoms with E-state index in [4.69, 9.17) is 0 Å². The molecule has 24 heavy (non-hydrogen) atoms.